The average Bonchev–Trinajstić information content (AvgIpc) is 3.12. The molecule has 2 N–H and O–H groups in total. The summed E-state index contributed by atoms with van der Waals surface area (Å²) >= 11 is 0. The molecule has 1 unspecified atom stereocenters. The zero-order valence-corrected chi connectivity index (χ0v) is 15.0. The van der Waals surface area contributed by atoms with Crippen LogP contribution in [0.4, 0.5) is 0 Å². The van der Waals surface area contributed by atoms with E-state index in [1.54, 1.807) is 20.2 Å². The minimum atomic E-state index is -0.748. The van der Waals surface area contributed by atoms with Crippen molar-refractivity contribution in [1.82, 2.24) is 10.2 Å². The predicted octanol–water partition coefficient (Wildman–Crippen LogP) is 1.88. The fourth-order valence-electron chi connectivity index (χ4n) is 5.32. The van der Waals surface area contributed by atoms with Crippen molar-refractivity contribution in [1.29, 1.82) is 10.7 Å². The van der Waals surface area contributed by atoms with Crippen LogP contribution in [-0.2, 0) is 22.2 Å². The van der Waals surface area contributed by atoms with Gasteiger partial charge >= 0.3 is 0 Å². The second-order valence-corrected chi connectivity index (χ2v) is 7.43. The van der Waals surface area contributed by atoms with Crippen molar-refractivity contribution < 1.29 is 9.53 Å². The van der Waals surface area contributed by atoms with Gasteiger partial charge in [-0.15, -0.1) is 0 Å². The maximum atomic E-state index is 13.5. The Morgan fingerprint density at radius 3 is 2.89 bits per heavy atom. The third-order valence-electron chi connectivity index (χ3n) is 6.49. The number of ether oxygens (including phenoxy) is 1. The Kier molecular flexibility index (Phi) is 2.88. The molecule has 1 amide bonds. The number of hydrogen-bond acceptors (Lipinski definition) is 4. The summed E-state index contributed by atoms with van der Waals surface area (Å²) in [5.74, 6) is 0.805. The highest BCUT2D eigenvalue weighted by Crippen LogP contribution is 2.75. The molecule has 1 saturated carbocycles. The highest BCUT2D eigenvalue weighted by atomic mass is 16.5. The number of carbonyl (C=O) groups excluding carboxylic acids is 1. The van der Waals surface area contributed by atoms with Gasteiger partial charge < -0.3 is 10.1 Å². The van der Waals surface area contributed by atoms with Gasteiger partial charge in [0.15, 0.2) is 5.96 Å². The number of nitrogens with zero attached hydrogens (tertiary/aromatic N) is 2. The highest BCUT2D eigenvalue weighted by molar-refractivity contribution is 6.10. The van der Waals surface area contributed by atoms with Gasteiger partial charge in [-0.1, -0.05) is 18.2 Å². The third kappa shape index (κ3) is 1.61. The molecule has 6 heteroatoms. The summed E-state index contributed by atoms with van der Waals surface area (Å²) in [5, 5.41) is 20.9. The molecule has 0 aromatic heterocycles. The molecular weight excluding hydrogens is 340 g/mol. The van der Waals surface area contributed by atoms with Gasteiger partial charge in [-0.25, -0.2) is 0 Å². The Hall–Kier alpha value is -3.33. The minimum absolute atomic E-state index is 0.00107. The quantitative estimate of drug-likeness (QED) is 0.858. The molecule has 1 saturated heterocycles. The van der Waals surface area contributed by atoms with E-state index in [1.807, 2.05) is 36.4 Å². The van der Waals surface area contributed by atoms with Gasteiger partial charge in [-0.3, -0.25) is 15.1 Å². The largest absolute Gasteiger partial charge is 0.497 e. The summed E-state index contributed by atoms with van der Waals surface area (Å²) in [6.45, 7) is 0. The number of fused-ring (bicyclic) bond motifs is 2. The molecule has 2 fully saturated rings. The lowest BCUT2D eigenvalue weighted by molar-refractivity contribution is -0.131. The molecule has 2 aliphatic carbocycles. The van der Waals surface area contributed by atoms with Crippen LogP contribution < -0.4 is 10.1 Å². The summed E-state index contributed by atoms with van der Waals surface area (Å²) in [6.07, 6.45) is 0.725. The van der Waals surface area contributed by atoms with E-state index < -0.39 is 11.0 Å². The van der Waals surface area contributed by atoms with Crippen LogP contribution in [0.3, 0.4) is 0 Å². The van der Waals surface area contributed by atoms with Crippen LogP contribution in [0, 0.1) is 22.7 Å². The monoisotopic (exact) mass is 358 g/mol. The van der Waals surface area contributed by atoms with Crippen LogP contribution in [0.1, 0.15) is 22.3 Å². The molecule has 3 atom stereocenters. The summed E-state index contributed by atoms with van der Waals surface area (Å²) in [6, 6.07) is 15.4. The number of guanidine groups is 1. The Morgan fingerprint density at radius 2 is 2.15 bits per heavy atom. The van der Waals surface area contributed by atoms with Crippen LogP contribution >= 0.6 is 0 Å². The molecule has 27 heavy (non-hydrogen) atoms. The molecular formula is C21H18N4O2. The van der Waals surface area contributed by atoms with Gasteiger partial charge in [0.05, 0.1) is 24.3 Å². The fourth-order valence-corrected chi connectivity index (χ4v) is 5.32. The number of rotatable bonds is 2. The lowest BCUT2D eigenvalue weighted by atomic mass is 9.82. The van der Waals surface area contributed by atoms with Crippen molar-refractivity contribution in [3.05, 3.63) is 64.7 Å². The van der Waals surface area contributed by atoms with E-state index in [0.29, 0.717) is 5.56 Å². The first-order valence-corrected chi connectivity index (χ1v) is 8.83. The molecule has 0 radical (unpaired) electrons. The van der Waals surface area contributed by atoms with Gasteiger partial charge in [-0.2, -0.15) is 5.26 Å². The molecule has 2 aromatic carbocycles. The second-order valence-electron chi connectivity index (χ2n) is 7.43. The van der Waals surface area contributed by atoms with E-state index in [0.717, 1.165) is 28.9 Å². The summed E-state index contributed by atoms with van der Waals surface area (Å²) in [5.41, 5.74) is 2.12. The van der Waals surface area contributed by atoms with Gasteiger partial charge in [0.25, 0.3) is 0 Å². The summed E-state index contributed by atoms with van der Waals surface area (Å²) in [7, 11) is 3.27. The van der Waals surface area contributed by atoms with Crippen molar-refractivity contribution >= 4 is 11.9 Å². The number of methoxy groups -OCH3 is 1. The van der Waals surface area contributed by atoms with Crippen molar-refractivity contribution in [3.8, 4) is 11.8 Å². The van der Waals surface area contributed by atoms with Crippen molar-refractivity contribution in [2.45, 2.75) is 17.4 Å². The van der Waals surface area contributed by atoms with Gasteiger partial charge in [0.1, 0.15) is 11.2 Å². The Bertz CT molecular complexity index is 1070. The lowest BCUT2D eigenvalue weighted by Crippen LogP contribution is -2.59. The topological polar surface area (TPSA) is 89.2 Å². The second kappa shape index (κ2) is 4.89. The van der Waals surface area contributed by atoms with Crippen molar-refractivity contribution in [2.75, 3.05) is 14.2 Å². The lowest BCUT2D eigenvalue weighted by Gasteiger charge is -2.38. The van der Waals surface area contributed by atoms with Gasteiger partial charge in [0, 0.05) is 13.0 Å². The normalized spacial score (nSPS) is 30.0. The maximum absolute atomic E-state index is 13.5. The van der Waals surface area contributed by atoms with Crippen molar-refractivity contribution in [2.24, 2.45) is 5.92 Å². The standard InChI is InChI=1S/C21H18N4O2/c1-25-18(26)20-16-7-6-15(27-2)9-13(16)10-17(20)21(20,24-19(25)23)14-5-3-4-12(8-14)11-22/h3-9,17H,10H2,1-2H3,(H2,23,24)/t17-,20?,21-/m0/s1. The molecule has 0 bridgehead atoms. The van der Waals surface area contributed by atoms with Crippen LogP contribution in [0.5, 0.6) is 5.75 Å². The number of nitrogens with one attached hydrogen (secondary N) is 2. The number of nitriles is 1. The van der Waals surface area contributed by atoms with Crippen LogP contribution in [0.15, 0.2) is 42.5 Å². The Morgan fingerprint density at radius 1 is 1.33 bits per heavy atom. The molecule has 1 heterocycles. The first-order chi connectivity index (χ1) is 13.0. The number of carbonyl (C=O) groups is 1. The first kappa shape index (κ1) is 15.9. The van der Waals surface area contributed by atoms with E-state index in [4.69, 9.17) is 10.1 Å². The molecule has 134 valence electrons. The molecule has 2 aromatic rings. The fraction of sp³-hybridized carbons (Fsp3) is 0.286. The van der Waals surface area contributed by atoms with E-state index in [2.05, 4.69) is 11.4 Å². The van der Waals surface area contributed by atoms with Crippen molar-refractivity contribution in [3.63, 3.8) is 0 Å². The number of amides is 1. The van der Waals surface area contributed by atoms with Crippen LogP contribution in [0.2, 0.25) is 0 Å². The minimum Gasteiger partial charge on any atom is -0.497 e. The molecule has 5 rings (SSSR count). The molecule has 1 aliphatic heterocycles. The molecule has 6 nitrogen and oxygen atoms in total. The number of hydrogen-bond donors (Lipinski definition) is 2. The molecule has 1 spiro atoms. The zero-order chi connectivity index (χ0) is 19.0. The van der Waals surface area contributed by atoms with E-state index in [-0.39, 0.29) is 17.8 Å². The summed E-state index contributed by atoms with van der Waals surface area (Å²) < 4.78 is 5.35. The van der Waals surface area contributed by atoms with E-state index in [1.165, 1.54) is 4.90 Å². The Balaban J connectivity index is 1.75. The average molecular weight is 358 g/mol. The highest BCUT2D eigenvalue weighted by Gasteiger charge is 2.86. The van der Waals surface area contributed by atoms with Gasteiger partial charge in [-0.05, 0) is 47.4 Å². The van der Waals surface area contributed by atoms with Crippen LogP contribution in [-0.4, -0.2) is 30.9 Å². The summed E-state index contributed by atoms with van der Waals surface area (Å²) in [4.78, 5) is 14.9. The maximum Gasteiger partial charge on any atom is 0.242 e. The van der Waals surface area contributed by atoms with E-state index >= 15 is 0 Å². The smallest absolute Gasteiger partial charge is 0.242 e. The number of likely N-dealkylation sites (N-methyl/N-ethyl adjacent to an activating group) is 1. The van der Waals surface area contributed by atoms with E-state index in [9.17, 15) is 10.1 Å². The zero-order valence-electron chi connectivity index (χ0n) is 15.0. The number of benzene rings is 2. The predicted molar refractivity (Wildman–Crippen MR) is 98.3 cm³/mol. The molecule has 3 aliphatic rings. The van der Waals surface area contributed by atoms with Gasteiger partial charge in [0.2, 0.25) is 5.91 Å². The Labute approximate surface area is 156 Å². The third-order valence-corrected chi connectivity index (χ3v) is 6.49. The van der Waals surface area contributed by atoms with Crippen LogP contribution in [0.25, 0.3) is 0 Å². The first-order valence-electron chi connectivity index (χ1n) is 8.83. The SMILES string of the molecule is COc1ccc2c(c1)C[C@H]1C23C(=O)N(C)C(=N)N[C@@]13c1cccc(C#N)c1.